The van der Waals surface area contributed by atoms with Crippen LogP contribution in [0.2, 0.25) is 0 Å². The SMILES string of the molecule is COc1ccc(Oc2cccc(CCCN(C)C)c2)cc1. The third-order valence-corrected chi connectivity index (χ3v) is 3.26. The van der Waals surface area contributed by atoms with Crippen LogP contribution >= 0.6 is 0 Å². The minimum absolute atomic E-state index is 0.821. The lowest BCUT2D eigenvalue weighted by Crippen LogP contribution is -2.13. The van der Waals surface area contributed by atoms with Crippen molar-refractivity contribution in [2.45, 2.75) is 12.8 Å². The Morgan fingerprint density at radius 1 is 0.905 bits per heavy atom. The first-order valence-corrected chi connectivity index (χ1v) is 7.23. The summed E-state index contributed by atoms with van der Waals surface area (Å²) in [6.45, 7) is 1.10. The molecule has 0 aliphatic rings. The fourth-order valence-corrected chi connectivity index (χ4v) is 2.14. The lowest BCUT2D eigenvalue weighted by atomic mass is 10.1. The van der Waals surface area contributed by atoms with Gasteiger partial charge in [0.1, 0.15) is 17.2 Å². The van der Waals surface area contributed by atoms with Gasteiger partial charge in [-0.2, -0.15) is 0 Å². The number of hydrogen-bond donors (Lipinski definition) is 0. The highest BCUT2D eigenvalue weighted by Gasteiger charge is 2.01. The summed E-state index contributed by atoms with van der Waals surface area (Å²) < 4.78 is 11.0. The molecule has 0 spiro atoms. The quantitative estimate of drug-likeness (QED) is 0.768. The second-order valence-corrected chi connectivity index (χ2v) is 5.33. The molecule has 0 fully saturated rings. The molecule has 0 N–H and O–H groups in total. The maximum Gasteiger partial charge on any atom is 0.127 e. The molecular formula is C18H23NO2. The average molecular weight is 285 g/mol. The third kappa shape index (κ3) is 5.12. The number of hydrogen-bond acceptors (Lipinski definition) is 3. The molecule has 3 heteroatoms. The van der Waals surface area contributed by atoms with Crippen molar-refractivity contribution in [2.24, 2.45) is 0 Å². The van der Waals surface area contributed by atoms with E-state index in [1.807, 2.05) is 36.4 Å². The zero-order chi connectivity index (χ0) is 15.1. The number of aryl methyl sites for hydroxylation is 1. The minimum atomic E-state index is 0.821. The van der Waals surface area contributed by atoms with E-state index in [4.69, 9.17) is 9.47 Å². The molecule has 2 aromatic carbocycles. The molecule has 0 heterocycles. The highest BCUT2D eigenvalue weighted by molar-refractivity contribution is 5.36. The molecule has 0 amide bonds. The van der Waals surface area contributed by atoms with E-state index >= 15 is 0 Å². The topological polar surface area (TPSA) is 21.7 Å². The van der Waals surface area contributed by atoms with Gasteiger partial charge in [0, 0.05) is 0 Å². The molecule has 0 atom stereocenters. The summed E-state index contributed by atoms with van der Waals surface area (Å²) in [7, 11) is 5.86. The number of methoxy groups -OCH3 is 1. The van der Waals surface area contributed by atoms with Crippen molar-refractivity contribution in [3.63, 3.8) is 0 Å². The fraction of sp³-hybridized carbons (Fsp3) is 0.333. The van der Waals surface area contributed by atoms with Crippen LogP contribution in [0, 0.1) is 0 Å². The van der Waals surface area contributed by atoms with Crippen molar-refractivity contribution in [1.29, 1.82) is 0 Å². The number of ether oxygens (including phenoxy) is 2. The van der Waals surface area contributed by atoms with Gasteiger partial charge in [0.15, 0.2) is 0 Å². The normalized spacial score (nSPS) is 10.7. The molecule has 0 saturated carbocycles. The lowest BCUT2D eigenvalue weighted by molar-refractivity contribution is 0.400. The Labute approximate surface area is 127 Å². The Morgan fingerprint density at radius 3 is 2.29 bits per heavy atom. The van der Waals surface area contributed by atoms with Gasteiger partial charge < -0.3 is 14.4 Å². The average Bonchev–Trinajstić information content (AvgIpc) is 2.48. The molecule has 21 heavy (non-hydrogen) atoms. The summed E-state index contributed by atoms with van der Waals surface area (Å²) >= 11 is 0. The van der Waals surface area contributed by atoms with Gasteiger partial charge in [-0.1, -0.05) is 12.1 Å². The zero-order valence-corrected chi connectivity index (χ0v) is 13.0. The molecular weight excluding hydrogens is 262 g/mol. The Bertz CT molecular complexity index is 549. The third-order valence-electron chi connectivity index (χ3n) is 3.26. The molecule has 0 aliphatic heterocycles. The molecule has 112 valence electrons. The maximum absolute atomic E-state index is 5.88. The van der Waals surface area contributed by atoms with Gasteiger partial charge in [0.25, 0.3) is 0 Å². The number of nitrogens with zero attached hydrogens (tertiary/aromatic N) is 1. The van der Waals surface area contributed by atoms with Crippen LogP contribution in [-0.4, -0.2) is 32.6 Å². The van der Waals surface area contributed by atoms with E-state index in [1.165, 1.54) is 5.56 Å². The monoisotopic (exact) mass is 285 g/mol. The summed E-state index contributed by atoms with van der Waals surface area (Å²) in [6.07, 6.45) is 2.22. The summed E-state index contributed by atoms with van der Waals surface area (Å²) in [5.41, 5.74) is 1.31. The van der Waals surface area contributed by atoms with Crippen LogP contribution in [0.5, 0.6) is 17.2 Å². The van der Waals surface area contributed by atoms with Crippen molar-refractivity contribution < 1.29 is 9.47 Å². The standard InChI is InChI=1S/C18H23NO2/c1-19(2)13-5-7-15-6-4-8-18(14-15)21-17-11-9-16(20-3)10-12-17/h4,6,8-12,14H,5,7,13H2,1-3H3. The van der Waals surface area contributed by atoms with E-state index in [0.29, 0.717) is 0 Å². The first kappa shape index (κ1) is 15.4. The summed E-state index contributed by atoms with van der Waals surface area (Å²) in [6, 6.07) is 15.9. The second-order valence-electron chi connectivity index (χ2n) is 5.33. The van der Waals surface area contributed by atoms with Gasteiger partial charge in [0.2, 0.25) is 0 Å². The zero-order valence-electron chi connectivity index (χ0n) is 13.0. The van der Waals surface area contributed by atoms with Gasteiger partial charge in [0.05, 0.1) is 7.11 Å². The molecule has 0 bridgehead atoms. The molecule has 0 radical (unpaired) electrons. The molecule has 2 aromatic rings. The molecule has 0 aliphatic carbocycles. The van der Waals surface area contributed by atoms with Crippen LogP contribution in [0.3, 0.4) is 0 Å². The van der Waals surface area contributed by atoms with E-state index < -0.39 is 0 Å². The molecule has 3 nitrogen and oxygen atoms in total. The van der Waals surface area contributed by atoms with Gasteiger partial charge in [-0.3, -0.25) is 0 Å². The van der Waals surface area contributed by atoms with E-state index in [0.717, 1.165) is 36.6 Å². The fourth-order valence-electron chi connectivity index (χ4n) is 2.14. The van der Waals surface area contributed by atoms with Crippen molar-refractivity contribution >= 4 is 0 Å². The first-order valence-electron chi connectivity index (χ1n) is 7.23. The Morgan fingerprint density at radius 2 is 1.62 bits per heavy atom. The van der Waals surface area contributed by atoms with E-state index in [9.17, 15) is 0 Å². The predicted molar refractivity (Wildman–Crippen MR) is 86.4 cm³/mol. The lowest BCUT2D eigenvalue weighted by Gasteiger charge is -2.10. The Balaban J connectivity index is 1.96. The first-order chi connectivity index (χ1) is 10.2. The van der Waals surface area contributed by atoms with E-state index in [1.54, 1.807) is 7.11 Å². The maximum atomic E-state index is 5.88. The van der Waals surface area contributed by atoms with Crippen LogP contribution in [0.15, 0.2) is 48.5 Å². The van der Waals surface area contributed by atoms with Crippen LogP contribution in [-0.2, 0) is 6.42 Å². The largest absolute Gasteiger partial charge is 0.497 e. The van der Waals surface area contributed by atoms with E-state index in [2.05, 4.69) is 31.1 Å². The smallest absolute Gasteiger partial charge is 0.127 e. The molecule has 0 aromatic heterocycles. The van der Waals surface area contributed by atoms with Crippen LogP contribution < -0.4 is 9.47 Å². The highest BCUT2D eigenvalue weighted by Crippen LogP contribution is 2.24. The predicted octanol–water partition coefficient (Wildman–Crippen LogP) is 3.98. The van der Waals surface area contributed by atoms with E-state index in [-0.39, 0.29) is 0 Å². The van der Waals surface area contributed by atoms with Gasteiger partial charge >= 0.3 is 0 Å². The van der Waals surface area contributed by atoms with Gasteiger partial charge in [-0.05, 0) is 75.4 Å². The van der Waals surface area contributed by atoms with Crippen molar-refractivity contribution in [3.8, 4) is 17.2 Å². The summed E-state index contributed by atoms with van der Waals surface area (Å²) in [4.78, 5) is 2.21. The molecule has 2 rings (SSSR count). The number of rotatable bonds is 7. The molecule has 0 saturated heterocycles. The van der Waals surface area contributed by atoms with Crippen LogP contribution in [0.1, 0.15) is 12.0 Å². The number of benzene rings is 2. The summed E-state index contributed by atoms with van der Waals surface area (Å²) in [5, 5.41) is 0. The second kappa shape index (κ2) is 7.70. The molecule has 0 unspecified atom stereocenters. The Kier molecular flexibility index (Phi) is 5.64. The van der Waals surface area contributed by atoms with Crippen molar-refractivity contribution in [1.82, 2.24) is 4.90 Å². The highest BCUT2D eigenvalue weighted by atomic mass is 16.5. The minimum Gasteiger partial charge on any atom is -0.497 e. The van der Waals surface area contributed by atoms with Crippen molar-refractivity contribution in [3.05, 3.63) is 54.1 Å². The van der Waals surface area contributed by atoms with Gasteiger partial charge in [-0.25, -0.2) is 0 Å². The summed E-state index contributed by atoms with van der Waals surface area (Å²) in [5.74, 6) is 2.53. The Hall–Kier alpha value is -2.00. The van der Waals surface area contributed by atoms with Gasteiger partial charge in [-0.15, -0.1) is 0 Å². The van der Waals surface area contributed by atoms with Crippen LogP contribution in [0.4, 0.5) is 0 Å². The van der Waals surface area contributed by atoms with Crippen molar-refractivity contribution in [2.75, 3.05) is 27.7 Å². The van der Waals surface area contributed by atoms with Crippen LogP contribution in [0.25, 0.3) is 0 Å².